The van der Waals surface area contributed by atoms with Crippen molar-refractivity contribution in [3.8, 4) is 0 Å². The smallest absolute Gasteiger partial charge is 0.223 e. The first kappa shape index (κ1) is 10.9. The van der Waals surface area contributed by atoms with E-state index in [4.69, 9.17) is 10.8 Å². The van der Waals surface area contributed by atoms with Crippen molar-refractivity contribution in [2.75, 3.05) is 13.2 Å². The van der Waals surface area contributed by atoms with E-state index in [0.717, 1.165) is 12.8 Å². The summed E-state index contributed by atoms with van der Waals surface area (Å²) >= 11 is 0. The van der Waals surface area contributed by atoms with Crippen molar-refractivity contribution in [1.29, 1.82) is 0 Å². The fraction of sp³-hybridized carbons (Fsp3) is 0.909. The average Bonchev–Trinajstić information content (AvgIpc) is 2.60. The van der Waals surface area contributed by atoms with Gasteiger partial charge in [0.05, 0.1) is 0 Å². The summed E-state index contributed by atoms with van der Waals surface area (Å²) in [5.74, 6) is 0.308. The van der Waals surface area contributed by atoms with Gasteiger partial charge in [0.1, 0.15) is 0 Å². The van der Waals surface area contributed by atoms with Crippen molar-refractivity contribution in [2.24, 2.45) is 11.7 Å². The van der Waals surface area contributed by atoms with Gasteiger partial charge in [0, 0.05) is 37.6 Å². The van der Waals surface area contributed by atoms with Gasteiger partial charge in [-0.2, -0.15) is 0 Å². The summed E-state index contributed by atoms with van der Waals surface area (Å²) in [6.07, 6.45) is 4.91. The van der Waals surface area contributed by atoms with Crippen molar-refractivity contribution in [3.63, 3.8) is 0 Å². The summed E-state index contributed by atoms with van der Waals surface area (Å²) in [6, 6.07) is 0.364. The normalized spacial score (nSPS) is 37.3. The van der Waals surface area contributed by atoms with Gasteiger partial charge in [0.25, 0.3) is 0 Å². The monoisotopic (exact) mass is 212 g/mol. The summed E-state index contributed by atoms with van der Waals surface area (Å²) in [6.45, 7) is 0.817. The van der Waals surface area contributed by atoms with Gasteiger partial charge in [-0.25, -0.2) is 0 Å². The number of carbonyl (C=O) groups excluding carboxylic acids is 1. The molecule has 0 spiro atoms. The molecule has 0 aromatic rings. The minimum Gasteiger partial charge on any atom is -0.396 e. The Hall–Kier alpha value is -0.610. The lowest BCUT2D eigenvalue weighted by atomic mass is 9.90. The highest BCUT2D eigenvalue weighted by atomic mass is 16.3. The zero-order valence-electron chi connectivity index (χ0n) is 9.06. The van der Waals surface area contributed by atoms with Crippen LogP contribution in [0.15, 0.2) is 0 Å². The molecular formula is C11H20N2O2. The van der Waals surface area contributed by atoms with E-state index in [1.165, 1.54) is 12.8 Å². The Morgan fingerprint density at radius 2 is 2.13 bits per heavy atom. The van der Waals surface area contributed by atoms with Gasteiger partial charge in [-0.3, -0.25) is 4.79 Å². The molecule has 86 valence electrons. The summed E-state index contributed by atoms with van der Waals surface area (Å²) < 4.78 is 0. The third-order valence-corrected chi connectivity index (χ3v) is 3.68. The van der Waals surface area contributed by atoms with Gasteiger partial charge in [-0.15, -0.1) is 0 Å². The minimum absolute atomic E-state index is 0.115. The van der Waals surface area contributed by atoms with Crippen LogP contribution in [-0.2, 0) is 4.79 Å². The van der Waals surface area contributed by atoms with Crippen LogP contribution < -0.4 is 5.73 Å². The van der Waals surface area contributed by atoms with Gasteiger partial charge in [0.15, 0.2) is 0 Å². The summed E-state index contributed by atoms with van der Waals surface area (Å²) in [5.41, 5.74) is 6.05. The third kappa shape index (κ3) is 2.16. The maximum Gasteiger partial charge on any atom is 0.223 e. The van der Waals surface area contributed by atoms with E-state index in [2.05, 4.69) is 0 Å². The largest absolute Gasteiger partial charge is 0.396 e. The molecule has 1 aliphatic heterocycles. The van der Waals surface area contributed by atoms with Crippen molar-refractivity contribution in [2.45, 2.75) is 44.2 Å². The molecule has 3 N–H and O–H groups in total. The summed E-state index contributed by atoms with van der Waals surface area (Å²) in [7, 11) is 0. The number of nitrogens with zero attached hydrogens (tertiary/aromatic N) is 1. The van der Waals surface area contributed by atoms with Crippen LogP contribution in [0.25, 0.3) is 0 Å². The fourth-order valence-electron chi connectivity index (χ4n) is 2.78. The van der Waals surface area contributed by atoms with E-state index in [0.29, 0.717) is 13.0 Å². The van der Waals surface area contributed by atoms with E-state index >= 15 is 0 Å². The Bertz CT molecular complexity index is 245. The molecule has 1 aliphatic carbocycles. The zero-order chi connectivity index (χ0) is 10.8. The summed E-state index contributed by atoms with van der Waals surface area (Å²) in [4.78, 5) is 13.7. The maximum absolute atomic E-state index is 11.7. The number of hydrogen-bond acceptors (Lipinski definition) is 3. The molecule has 1 amide bonds. The Morgan fingerprint density at radius 3 is 2.73 bits per heavy atom. The minimum atomic E-state index is 0.115. The second kappa shape index (κ2) is 4.49. The number of hydrogen-bond donors (Lipinski definition) is 2. The molecule has 1 heterocycles. The molecule has 0 aromatic carbocycles. The first-order valence-corrected chi connectivity index (χ1v) is 5.88. The van der Waals surface area contributed by atoms with Crippen molar-refractivity contribution in [3.05, 3.63) is 0 Å². The Kier molecular flexibility index (Phi) is 3.26. The van der Waals surface area contributed by atoms with Gasteiger partial charge >= 0.3 is 0 Å². The van der Waals surface area contributed by atoms with Crippen LogP contribution in [0.3, 0.4) is 0 Å². The number of nitrogens with two attached hydrogens (primary N) is 1. The molecule has 0 aromatic heterocycles. The standard InChI is InChI=1S/C11H20N2O2/c12-9-3-1-2-4-10(9)13-6-8(7-14)5-11(13)15/h8-10,14H,1-7,12H2/t8?,9-,10+/m1/s1. The van der Waals surface area contributed by atoms with Crippen LogP contribution in [0.4, 0.5) is 0 Å². The van der Waals surface area contributed by atoms with Gasteiger partial charge in [0.2, 0.25) is 5.91 Å². The van der Waals surface area contributed by atoms with Gasteiger partial charge in [-0.05, 0) is 12.8 Å². The molecule has 1 saturated heterocycles. The van der Waals surface area contributed by atoms with Crippen LogP contribution in [0.2, 0.25) is 0 Å². The molecule has 1 unspecified atom stereocenters. The van der Waals surface area contributed by atoms with Crippen LogP contribution in [0.5, 0.6) is 0 Å². The molecule has 4 nitrogen and oxygen atoms in total. The molecule has 4 heteroatoms. The van der Waals surface area contributed by atoms with E-state index < -0.39 is 0 Å². The topological polar surface area (TPSA) is 66.6 Å². The molecule has 2 rings (SSSR count). The lowest BCUT2D eigenvalue weighted by molar-refractivity contribution is -0.130. The maximum atomic E-state index is 11.7. The van der Waals surface area contributed by atoms with Gasteiger partial charge < -0.3 is 15.7 Å². The molecular weight excluding hydrogens is 192 g/mol. The predicted molar refractivity (Wildman–Crippen MR) is 57.1 cm³/mol. The molecule has 0 bridgehead atoms. The Morgan fingerprint density at radius 1 is 1.40 bits per heavy atom. The van der Waals surface area contributed by atoms with Crippen LogP contribution in [0.1, 0.15) is 32.1 Å². The number of carbonyl (C=O) groups is 1. The van der Waals surface area contributed by atoms with E-state index in [1.807, 2.05) is 4.90 Å². The Balaban J connectivity index is 2.00. The van der Waals surface area contributed by atoms with E-state index in [-0.39, 0.29) is 30.5 Å². The van der Waals surface area contributed by atoms with Crippen molar-refractivity contribution < 1.29 is 9.90 Å². The highest BCUT2D eigenvalue weighted by Crippen LogP contribution is 2.27. The number of likely N-dealkylation sites (tertiary alicyclic amines) is 1. The predicted octanol–water partition coefficient (Wildman–Crippen LogP) is 0.0971. The second-order valence-corrected chi connectivity index (χ2v) is 4.81. The highest BCUT2D eigenvalue weighted by Gasteiger charge is 2.37. The first-order valence-electron chi connectivity index (χ1n) is 5.88. The highest BCUT2D eigenvalue weighted by molar-refractivity contribution is 5.79. The number of aliphatic hydroxyl groups excluding tert-OH is 1. The van der Waals surface area contributed by atoms with Crippen molar-refractivity contribution in [1.82, 2.24) is 4.90 Å². The van der Waals surface area contributed by atoms with Crippen molar-refractivity contribution >= 4 is 5.91 Å². The quantitative estimate of drug-likeness (QED) is 0.682. The number of rotatable bonds is 2. The van der Waals surface area contributed by atoms with Crippen LogP contribution in [0, 0.1) is 5.92 Å². The summed E-state index contributed by atoms with van der Waals surface area (Å²) in [5, 5.41) is 9.06. The fourth-order valence-corrected chi connectivity index (χ4v) is 2.78. The second-order valence-electron chi connectivity index (χ2n) is 4.81. The lowest BCUT2D eigenvalue weighted by Crippen LogP contribution is -2.50. The van der Waals surface area contributed by atoms with Gasteiger partial charge in [-0.1, -0.05) is 12.8 Å². The third-order valence-electron chi connectivity index (χ3n) is 3.68. The molecule has 1 saturated carbocycles. The SMILES string of the molecule is N[C@@H]1CCCC[C@@H]1N1CC(CO)CC1=O. The van der Waals surface area contributed by atoms with Crippen LogP contribution >= 0.6 is 0 Å². The van der Waals surface area contributed by atoms with Crippen LogP contribution in [-0.4, -0.2) is 41.1 Å². The lowest BCUT2D eigenvalue weighted by Gasteiger charge is -2.36. The molecule has 15 heavy (non-hydrogen) atoms. The zero-order valence-corrected chi connectivity index (χ0v) is 9.06. The number of aliphatic hydroxyl groups is 1. The average molecular weight is 212 g/mol. The van der Waals surface area contributed by atoms with E-state index in [1.54, 1.807) is 0 Å². The number of amides is 1. The molecule has 0 radical (unpaired) electrons. The molecule has 2 aliphatic rings. The van der Waals surface area contributed by atoms with E-state index in [9.17, 15) is 4.79 Å². The Labute approximate surface area is 90.4 Å². The molecule has 3 atom stereocenters. The molecule has 2 fully saturated rings. The first-order chi connectivity index (χ1) is 7.22.